The summed E-state index contributed by atoms with van der Waals surface area (Å²) in [6.07, 6.45) is 3.83. The molecule has 0 atom stereocenters. The highest BCUT2D eigenvalue weighted by atomic mass is 16.5. The standard InChI is InChI=1S/C26H27N3O6/c30-21(18-9-11-20(12-10-18)27-23(32)19-7-3-1-4-8-19)17-35-22(31)13-16-29-24(33)26(28-25(29)34)14-5-2-6-15-26/h1,3-4,7-12H,2,5-6,13-17H2,(H,27,32)(H,28,34). The molecule has 9 nitrogen and oxygen atoms in total. The summed E-state index contributed by atoms with van der Waals surface area (Å²) < 4.78 is 5.05. The first kappa shape index (κ1) is 24.1. The van der Waals surface area contributed by atoms with Crippen molar-refractivity contribution in [1.29, 1.82) is 0 Å². The first-order valence-corrected chi connectivity index (χ1v) is 11.7. The van der Waals surface area contributed by atoms with Gasteiger partial charge in [0, 0.05) is 23.4 Å². The van der Waals surface area contributed by atoms with Gasteiger partial charge in [-0.15, -0.1) is 0 Å². The maximum absolute atomic E-state index is 12.7. The van der Waals surface area contributed by atoms with E-state index in [2.05, 4.69) is 10.6 Å². The molecule has 1 heterocycles. The number of amides is 4. The third kappa shape index (κ3) is 5.56. The topological polar surface area (TPSA) is 122 Å². The van der Waals surface area contributed by atoms with E-state index in [4.69, 9.17) is 4.74 Å². The fourth-order valence-electron chi connectivity index (χ4n) is 4.41. The fraction of sp³-hybridized carbons (Fsp3) is 0.346. The van der Waals surface area contributed by atoms with Crippen LogP contribution in [0.1, 0.15) is 59.2 Å². The molecule has 4 amide bonds. The zero-order valence-electron chi connectivity index (χ0n) is 19.2. The number of carbonyl (C=O) groups is 5. The van der Waals surface area contributed by atoms with Crippen LogP contribution < -0.4 is 10.6 Å². The first-order chi connectivity index (χ1) is 16.9. The number of anilines is 1. The summed E-state index contributed by atoms with van der Waals surface area (Å²) in [7, 11) is 0. The van der Waals surface area contributed by atoms with Gasteiger partial charge in [0.05, 0.1) is 6.42 Å². The van der Waals surface area contributed by atoms with Crippen molar-refractivity contribution in [2.45, 2.75) is 44.1 Å². The molecule has 182 valence electrons. The Morgan fingerprint density at radius 3 is 2.29 bits per heavy atom. The molecule has 2 aliphatic rings. The highest BCUT2D eigenvalue weighted by molar-refractivity contribution is 6.07. The summed E-state index contributed by atoms with van der Waals surface area (Å²) in [4.78, 5) is 62.8. The predicted molar refractivity (Wildman–Crippen MR) is 127 cm³/mol. The Labute approximate surface area is 202 Å². The van der Waals surface area contributed by atoms with Crippen LogP contribution in [0.25, 0.3) is 0 Å². The van der Waals surface area contributed by atoms with Crippen LogP contribution in [0, 0.1) is 0 Å². The number of urea groups is 1. The number of esters is 1. The summed E-state index contributed by atoms with van der Waals surface area (Å²) in [6, 6.07) is 14.5. The van der Waals surface area contributed by atoms with Crippen molar-refractivity contribution >= 4 is 35.3 Å². The van der Waals surface area contributed by atoms with Gasteiger partial charge in [0.2, 0.25) is 0 Å². The maximum Gasteiger partial charge on any atom is 0.325 e. The average Bonchev–Trinajstić information content (AvgIpc) is 3.10. The minimum Gasteiger partial charge on any atom is -0.457 e. The van der Waals surface area contributed by atoms with Crippen LogP contribution >= 0.6 is 0 Å². The number of benzene rings is 2. The Kier molecular flexibility index (Phi) is 7.24. The summed E-state index contributed by atoms with van der Waals surface area (Å²) in [6.45, 7) is -0.548. The number of nitrogens with zero attached hydrogens (tertiary/aromatic N) is 1. The Balaban J connectivity index is 1.22. The molecular formula is C26H27N3O6. The number of carbonyl (C=O) groups excluding carboxylic acids is 5. The van der Waals surface area contributed by atoms with E-state index >= 15 is 0 Å². The lowest BCUT2D eigenvalue weighted by molar-refractivity contribution is -0.143. The number of nitrogens with one attached hydrogen (secondary N) is 2. The van der Waals surface area contributed by atoms with Crippen LogP contribution in [0.2, 0.25) is 0 Å². The largest absolute Gasteiger partial charge is 0.457 e. The van der Waals surface area contributed by atoms with Gasteiger partial charge in [0.1, 0.15) is 5.54 Å². The van der Waals surface area contributed by atoms with Crippen LogP contribution in [-0.4, -0.2) is 53.2 Å². The molecule has 2 fully saturated rings. The molecule has 9 heteroatoms. The van der Waals surface area contributed by atoms with E-state index in [1.54, 1.807) is 36.4 Å². The molecule has 4 rings (SSSR count). The second-order valence-electron chi connectivity index (χ2n) is 8.76. The lowest BCUT2D eigenvalue weighted by Crippen LogP contribution is -2.48. The van der Waals surface area contributed by atoms with Gasteiger partial charge in [-0.2, -0.15) is 0 Å². The van der Waals surface area contributed by atoms with E-state index < -0.39 is 29.9 Å². The molecule has 0 unspecified atom stereocenters. The monoisotopic (exact) mass is 477 g/mol. The Morgan fingerprint density at radius 2 is 1.60 bits per heavy atom. The van der Waals surface area contributed by atoms with Gasteiger partial charge in [0.25, 0.3) is 11.8 Å². The highest BCUT2D eigenvalue weighted by Gasteiger charge is 2.51. The number of ether oxygens (including phenoxy) is 1. The van der Waals surface area contributed by atoms with Crippen molar-refractivity contribution in [2.24, 2.45) is 0 Å². The van der Waals surface area contributed by atoms with E-state index in [1.807, 2.05) is 6.07 Å². The molecule has 1 aliphatic carbocycles. The van der Waals surface area contributed by atoms with Crippen molar-refractivity contribution in [2.75, 3.05) is 18.5 Å². The highest BCUT2D eigenvalue weighted by Crippen LogP contribution is 2.33. The summed E-state index contributed by atoms with van der Waals surface area (Å²) >= 11 is 0. The van der Waals surface area contributed by atoms with Gasteiger partial charge in [-0.1, -0.05) is 37.5 Å². The van der Waals surface area contributed by atoms with E-state index in [-0.39, 0.29) is 24.8 Å². The molecule has 2 aromatic carbocycles. The summed E-state index contributed by atoms with van der Waals surface area (Å²) in [5, 5.41) is 5.54. The molecule has 35 heavy (non-hydrogen) atoms. The summed E-state index contributed by atoms with van der Waals surface area (Å²) in [5.41, 5.74) is 0.532. The van der Waals surface area contributed by atoms with Crippen LogP contribution in [0.5, 0.6) is 0 Å². The number of imide groups is 1. The number of hydrogen-bond donors (Lipinski definition) is 2. The van der Waals surface area contributed by atoms with Crippen molar-refractivity contribution in [3.05, 3.63) is 65.7 Å². The third-order valence-electron chi connectivity index (χ3n) is 6.36. The maximum atomic E-state index is 12.7. The van der Waals surface area contributed by atoms with Crippen LogP contribution in [0.3, 0.4) is 0 Å². The molecule has 1 aliphatic heterocycles. The molecule has 0 aromatic heterocycles. The SMILES string of the molecule is O=C(CCN1C(=O)NC2(CCCCC2)C1=O)OCC(=O)c1ccc(NC(=O)c2ccccc2)cc1. The fourth-order valence-corrected chi connectivity index (χ4v) is 4.41. The molecule has 1 saturated heterocycles. The summed E-state index contributed by atoms with van der Waals surface area (Å²) in [5.74, 6) is -1.63. The zero-order valence-corrected chi connectivity index (χ0v) is 19.2. The second kappa shape index (κ2) is 10.5. The Bertz CT molecular complexity index is 1120. The molecule has 1 spiro atoms. The van der Waals surface area contributed by atoms with Crippen LogP contribution in [0.4, 0.5) is 10.5 Å². The van der Waals surface area contributed by atoms with E-state index in [9.17, 15) is 24.0 Å². The molecule has 1 saturated carbocycles. The minimum absolute atomic E-state index is 0.0880. The van der Waals surface area contributed by atoms with E-state index in [0.717, 1.165) is 24.2 Å². The minimum atomic E-state index is -0.831. The zero-order chi connectivity index (χ0) is 24.8. The van der Waals surface area contributed by atoms with Crippen molar-refractivity contribution in [3.63, 3.8) is 0 Å². The van der Waals surface area contributed by atoms with Crippen molar-refractivity contribution < 1.29 is 28.7 Å². The van der Waals surface area contributed by atoms with Gasteiger partial charge in [-0.05, 0) is 49.2 Å². The van der Waals surface area contributed by atoms with E-state index in [1.165, 1.54) is 12.1 Å². The smallest absolute Gasteiger partial charge is 0.325 e. The van der Waals surface area contributed by atoms with E-state index in [0.29, 0.717) is 29.7 Å². The number of Topliss-reactive ketones (excluding diaryl/α,β-unsaturated/α-hetero) is 1. The van der Waals surface area contributed by atoms with Gasteiger partial charge in [-0.25, -0.2) is 4.79 Å². The third-order valence-corrected chi connectivity index (χ3v) is 6.36. The van der Waals surface area contributed by atoms with Gasteiger partial charge in [-0.3, -0.25) is 24.1 Å². The normalized spacial score (nSPS) is 16.6. The lowest BCUT2D eigenvalue weighted by Gasteiger charge is -2.30. The Hall–Kier alpha value is -4.01. The number of ketones is 1. The van der Waals surface area contributed by atoms with Crippen molar-refractivity contribution in [1.82, 2.24) is 10.2 Å². The quantitative estimate of drug-likeness (QED) is 0.342. The molecule has 0 radical (unpaired) electrons. The van der Waals surface area contributed by atoms with Crippen LogP contribution in [-0.2, 0) is 14.3 Å². The van der Waals surface area contributed by atoms with Crippen molar-refractivity contribution in [3.8, 4) is 0 Å². The predicted octanol–water partition coefficient (Wildman–Crippen LogP) is 3.31. The molecular weight excluding hydrogens is 450 g/mol. The number of rotatable bonds is 8. The average molecular weight is 478 g/mol. The second-order valence-corrected chi connectivity index (χ2v) is 8.76. The van der Waals surface area contributed by atoms with Gasteiger partial charge >= 0.3 is 12.0 Å². The van der Waals surface area contributed by atoms with Gasteiger partial charge < -0.3 is 15.4 Å². The lowest BCUT2D eigenvalue weighted by atomic mass is 9.82. The number of hydrogen-bond acceptors (Lipinski definition) is 6. The first-order valence-electron chi connectivity index (χ1n) is 11.7. The molecule has 0 bridgehead atoms. The molecule has 2 aromatic rings. The Morgan fingerprint density at radius 1 is 0.914 bits per heavy atom. The molecule has 2 N–H and O–H groups in total. The van der Waals surface area contributed by atoms with Crippen LogP contribution in [0.15, 0.2) is 54.6 Å². The van der Waals surface area contributed by atoms with Gasteiger partial charge in [0.15, 0.2) is 12.4 Å².